The number of rotatable bonds is 24. The zero-order valence-electron chi connectivity index (χ0n) is 82.0. The Morgan fingerprint density at radius 3 is 0.779 bits per heavy atom. The monoisotopic (exact) mass is 2240 g/mol. The van der Waals surface area contributed by atoms with Gasteiger partial charge in [-0.1, -0.05) is 424 Å². The number of nitrogens with zero attached hydrogens (tertiary/aromatic N) is 10. The molecule has 0 fully saturated rings. The number of benzene rings is 14. The molecule has 22 nitrogen and oxygen atoms in total. The van der Waals surface area contributed by atoms with Crippen LogP contribution in [0.15, 0.2) is 473 Å². The first-order valence-corrected chi connectivity index (χ1v) is 54.0. The number of carbonyl (C=O) groups is 4. The molecule has 0 atom stereocenters. The smallest absolute Gasteiger partial charge is 0.423 e. The Morgan fingerprint density at radius 1 is 0.309 bits per heavy atom. The van der Waals surface area contributed by atoms with Crippen LogP contribution in [0.2, 0.25) is 10.0 Å². The molecular weight excluding hydrogens is 2140 g/mol. The summed E-state index contributed by atoms with van der Waals surface area (Å²) < 4.78 is 7.48. The molecule has 4 N–H and O–H groups in total. The number of halogens is 3. The summed E-state index contributed by atoms with van der Waals surface area (Å²) in [5.74, 6) is -0.0797. The molecular formula is C118H104BBrCl2N12O10P4Pd. The molecule has 0 aliphatic heterocycles. The molecule has 2 amide bonds. The molecule has 31 heteroatoms. The number of Topliss-reactive ketones (excluding diaryl/α,β-unsaturated/α-hetero) is 2. The Labute approximate surface area is 900 Å². The van der Waals surface area contributed by atoms with E-state index in [-0.39, 0.29) is 80.5 Å². The first kappa shape index (κ1) is 112. The van der Waals surface area contributed by atoms with Gasteiger partial charge in [0.25, 0.3) is 11.1 Å². The summed E-state index contributed by atoms with van der Waals surface area (Å²) in [7, 11) is -0.266. The number of ketones is 2. The second kappa shape index (κ2) is 56.0. The zero-order chi connectivity index (χ0) is 104. The molecule has 0 aliphatic rings. The molecule has 6 aromatic heterocycles. The van der Waals surface area contributed by atoms with Gasteiger partial charge in [-0.15, -0.1) is 0 Å². The van der Waals surface area contributed by atoms with Crippen LogP contribution in [0.5, 0.6) is 0 Å². The largest absolute Gasteiger partial charge is 0.488 e. The summed E-state index contributed by atoms with van der Waals surface area (Å²) in [5, 5.41) is 40.6. The van der Waals surface area contributed by atoms with Gasteiger partial charge in [-0.05, 0) is 193 Å². The molecule has 0 bridgehead atoms. The minimum absolute atomic E-state index is 0. The summed E-state index contributed by atoms with van der Waals surface area (Å²) >= 11 is 14.7. The minimum Gasteiger partial charge on any atom is -0.423 e. The number of hydrogen-bond donors (Lipinski definition) is 4. The topological polar surface area (TPSA) is 282 Å². The number of fused-ring (bicyclic) bond motifs is 2. The van der Waals surface area contributed by atoms with E-state index in [4.69, 9.17) is 33.2 Å². The molecule has 6 heterocycles. The van der Waals surface area contributed by atoms with Crippen molar-refractivity contribution in [3.8, 4) is 11.3 Å². The Kier molecular flexibility index (Phi) is 41.9. The molecule has 750 valence electrons. The Morgan fingerprint density at radius 2 is 0.544 bits per heavy atom. The Hall–Kier alpha value is -14.6. The van der Waals surface area contributed by atoms with Gasteiger partial charge >= 0.3 is 18.5 Å². The fraction of sp³-hybridized carbons (Fsp3) is 0.0847. The number of amides is 2. The van der Waals surface area contributed by atoms with Gasteiger partial charge in [-0.25, -0.2) is 29.5 Å². The van der Waals surface area contributed by atoms with Crippen molar-refractivity contribution in [3.63, 3.8) is 0 Å². The first-order chi connectivity index (χ1) is 71.8. The minimum atomic E-state index is -1.41. The Balaban J connectivity index is 0.000000148. The van der Waals surface area contributed by atoms with E-state index < -0.39 is 73.1 Å². The summed E-state index contributed by atoms with van der Waals surface area (Å²) in [4.78, 5) is 116. The second-order valence-electron chi connectivity index (χ2n) is 33.4. The average molecular weight is 2240 g/mol. The van der Waals surface area contributed by atoms with E-state index in [9.17, 15) is 38.4 Å². The third-order valence-corrected chi connectivity index (χ3v) is 33.4. The summed E-state index contributed by atoms with van der Waals surface area (Å²) in [6.07, 6.45) is 0. The number of nitrogens with one attached hydrogen (secondary N) is 2. The van der Waals surface area contributed by atoms with Crippen LogP contribution in [0.3, 0.4) is 0 Å². The van der Waals surface area contributed by atoms with Crippen LogP contribution in [-0.4, -0.2) is 87.9 Å². The molecule has 20 aromatic rings. The van der Waals surface area contributed by atoms with E-state index in [0.717, 1.165) is 14.7 Å². The maximum atomic E-state index is 13.0. The van der Waals surface area contributed by atoms with Crippen molar-refractivity contribution < 1.29 is 49.6 Å². The molecule has 0 saturated carbocycles. The first-order valence-electron chi connectivity index (χ1n) is 47.0. The van der Waals surface area contributed by atoms with Gasteiger partial charge in [0.15, 0.2) is 22.3 Å². The molecule has 20 rings (SSSR count). The number of aromatic nitrogens is 10. The normalized spacial score (nSPS) is 10.6. The maximum Gasteiger partial charge on any atom is 0.488 e. The van der Waals surface area contributed by atoms with Gasteiger partial charge in [0.2, 0.25) is 11.8 Å². The zero-order valence-corrected chi connectivity index (χ0v) is 90.2. The Bertz CT molecular complexity index is 7200. The van der Waals surface area contributed by atoms with Gasteiger partial charge in [0.1, 0.15) is 52.5 Å². The van der Waals surface area contributed by atoms with Crippen molar-refractivity contribution in [3.05, 3.63) is 517 Å². The third kappa shape index (κ3) is 30.8. The second-order valence-corrected chi connectivity index (χ2v) is 43.9. The van der Waals surface area contributed by atoms with Crippen LogP contribution in [0, 0.1) is 13.8 Å². The van der Waals surface area contributed by atoms with E-state index in [2.05, 4.69) is 410 Å². The van der Waals surface area contributed by atoms with Crippen molar-refractivity contribution in [1.82, 2.24) is 47.3 Å². The summed E-state index contributed by atoms with van der Waals surface area (Å²) in [6.45, 7) is 4.69. The molecule has 0 saturated heterocycles. The third-order valence-electron chi connectivity index (χ3n) is 22.7. The van der Waals surface area contributed by atoms with E-state index in [1.165, 1.54) is 110 Å². The van der Waals surface area contributed by atoms with Crippen molar-refractivity contribution in [2.75, 3.05) is 10.6 Å². The predicted octanol–water partition coefficient (Wildman–Crippen LogP) is 16.5. The number of aryl methyl sites for hydroxylation is 4. The van der Waals surface area contributed by atoms with Crippen molar-refractivity contribution in [1.29, 1.82) is 0 Å². The van der Waals surface area contributed by atoms with Crippen molar-refractivity contribution in [2.45, 2.75) is 53.9 Å². The van der Waals surface area contributed by atoms with Crippen molar-refractivity contribution in [2.24, 2.45) is 14.1 Å². The molecule has 0 aliphatic carbocycles. The fourth-order valence-electron chi connectivity index (χ4n) is 15.8. The number of hydrogen-bond acceptors (Lipinski definition) is 14. The number of carbonyl (C=O) groups excluding carboxylic acids is 4. The van der Waals surface area contributed by atoms with Crippen LogP contribution < -0.4 is 102 Å². The van der Waals surface area contributed by atoms with Gasteiger partial charge in [0, 0.05) is 50.1 Å². The quantitative estimate of drug-likeness (QED) is 0.0249. The molecule has 14 aromatic carbocycles. The molecule has 0 radical (unpaired) electrons. The number of imidazole rings is 2. The SMILES string of the molecule is CC(=O)Cn1c(=O)c2c(nc(C)n2CC(=O)Nc2cccc(-c3ccc(Cl)cc3)n2)n(C)c1=O.CC(=O)Cn1c(=O)c2c(nc(C)n2CC(=O)Nc2cccc(Br)n2)n(C)c1=O.OB(O)c1ccc(Cl)cc1.[Pd].c1ccc(P(c2ccccc2)c2ccccc2)cc1.c1ccc(P(c2ccccc2)c2ccccc2)cc1.c1ccc(P(c2ccccc2)c2ccccc2)cc1.c1ccc(P(c2ccccc2)c2ccccc2)cc1. The van der Waals surface area contributed by atoms with Gasteiger partial charge in [-0.3, -0.25) is 47.0 Å². The van der Waals surface area contributed by atoms with Crippen LogP contribution >= 0.6 is 70.8 Å². The predicted molar refractivity (Wildman–Crippen MR) is 615 cm³/mol. The van der Waals surface area contributed by atoms with E-state index in [0.29, 0.717) is 49.1 Å². The van der Waals surface area contributed by atoms with Crippen LogP contribution in [0.4, 0.5) is 11.6 Å². The van der Waals surface area contributed by atoms with Crippen LogP contribution in [-0.2, 0) is 79.9 Å². The molecule has 0 unspecified atom stereocenters. The maximum absolute atomic E-state index is 13.0. The van der Waals surface area contributed by atoms with Gasteiger partial charge in [-0.2, -0.15) is 0 Å². The number of pyridine rings is 2. The molecule has 0 spiro atoms. The van der Waals surface area contributed by atoms with E-state index >= 15 is 0 Å². The van der Waals surface area contributed by atoms with Gasteiger partial charge < -0.3 is 29.8 Å². The average Bonchev–Trinajstić information content (AvgIpc) is 1.61. The number of anilines is 2. The summed E-state index contributed by atoms with van der Waals surface area (Å²) in [5.41, 5.74) is -0.244. The van der Waals surface area contributed by atoms with Crippen LogP contribution in [0.25, 0.3) is 33.6 Å². The standard InChI is InChI=1S/C23H21ClN6O4.4C18H15P.C17H17BrN6O4.C6H6BClO2.Pd/c1-13(31)11-30-22(33)20-21(28(3)23(30)34)25-14(2)29(20)12-19(32)27-18-6-4-5-17(26-18)15-7-9-16(24)10-8-15;4*1-4-10-16(11-5-1)19(17-12-6-2-7-13-17)18-14-8-3-9-15-18;1-9(25)7-24-16(27)14-15(22(3)17(24)28)19-10(2)23(14)8-13(26)21-12-6-4-5-11(18)20-12;8-6-3-1-5(2-4-6)7(9)10;/h4-10H,11-12H2,1-3H3,(H,26,27,32);4*1-15H;4-6H,7-8H2,1-3H3,(H,20,21,26);1-4,9-10H;. The molecule has 149 heavy (non-hydrogen) atoms. The van der Waals surface area contributed by atoms with E-state index in [1.807, 2.05) is 18.2 Å². The van der Waals surface area contributed by atoms with Crippen LogP contribution in [0.1, 0.15) is 25.5 Å². The van der Waals surface area contributed by atoms with Gasteiger partial charge in [0.05, 0.1) is 18.8 Å². The van der Waals surface area contributed by atoms with E-state index in [1.54, 1.807) is 80.6 Å². The van der Waals surface area contributed by atoms with Crippen molar-refractivity contribution >= 4 is 204 Å². The summed E-state index contributed by atoms with van der Waals surface area (Å²) in [6, 6.07) is 153. The fourth-order valence-corrected chi connectivity index (χ4v) is 25.7.